The van der Waals surface area contributed by atoms with Gasteiger partial charge in [0.2, 0.25) is 18.4 Å². The van der Waals surface area contributed by atoms with Gasteiger partial charge < -0.3 is 34.3 Å². The van der Waals surface area contributed by atoms with Crippen molar-refractivity contribution in [2.75, 3.05) is 34.7 Å². The molecule has 1 atom stereocenters. The van der Waals surface area contributed by atoms with Crippen LogP contribution in [0, 0.1) is 0 Å². The molecule has 0 bridgehead atoms. The number of nitrogens with one attached hydrogen (secondary N) is 2. The number of hydrogen-bond donors (Lipinski definition) is 2. The summed E-state index contributed by atoms with van der Waals surface area (Å²) < 4.78 is 26.5. The van der Waals surface area contributed by atoms with Crippen LogP contribution >= 0.6 is 0 Å². The van der Waals surface area contributed by atoms with E-state index < -0.39 is 0 Å². The zero-order valence-corrected chi connectivity index (χ0v) is 17.2. The first-order chi connectivity index (χ1) is 14.5. The van der Waals surface area contributed by atoms with Crippen LogP contribution in [0.25, 0.3) is 0 Å². The van der Waals surface area contributed by atoms with E-state index in [0.29, 0.717) is 34.3 Å². The van der Waals surface area contributed by atoms with Crippen molar-refractivity contribution in [1.29, 1.82) is 0 Å². The molecule has 1 heterocycles. The zero-order chi connectivity index (χ0) is 21.7. The van der Waals surface area contributed by atoms with Gasteiger partial charge in [-0.15, -0.1) is 0 Å². The second kappa shape index (κ2) is 9.25. The lowest BCUT2D eigenvalue weighted by Crippen LogP contribution is -2.38. The summed E-state index contributed by atoms with van der Waals surface area (Å²) in [5.41, 5.74) is 1.14. The van der Waals surface area contributed by atoms with Gasteiger partial charge in [0.1, 0.15) is 0 Å². The summed E-state index contributed by atoms with van der Waals surface area (Å²) in [6.07, 6.45) is 0. The fraction of sp³-hybridized carbons (Fsp3) is 0.333. The Balaban J connectivity index is 1.60. The summed E-state index contributed by atoms with van der Waals surface area (Å²) in [6, 6.07) is 8.01. The molecule has 3 rings (SSSR count). The lowest BCUT2D eigenvalue weighted by atomic mass is 10.1. The third-order valence-corrected chi connectivity index (χ3v) is 4.61. The number of rotatable bonds is 8. The maximum atomic E-state index is 12.3. The van der Waals surface area contributed by atoms with Gasteiger partial charge in [0.25, 0.3) is 5.91 Å². The molecule has 0 aromatic heterocycles. The Bertz CT molecular complexity index is 920. The fourth-order valence-corrected chi connectivity index (χ4v) is 3.03. The zero-order valence-electron chi connectivity index (χ0n) is 17.2. The molecule has 1 aliphatic heterocycles. The second-order valence-electron chi connectivity index (χ2n) is 6.50. The van der Waals surface area contributed by atoms with Gasteiger partial charge in [-0.3, -0.25) is 9.59 Å². The predicted octanol–water partition coefficient (Wildman–Crippen LogP) is 2.05. The van der Waals surface area contributed by atoms with Crippen LogP contribution in [0.4, 0.5) is 0 Å². The monoisotopic (exact) mass is 416 g/mol. The molecule has 0 aliphatic carbocycles. The van der Waals surface area contributed by atoms with Gasteiger partial charge in [-0.1, -0.05) is 0 Å². The molecule has 1 unspecified atom stereocenters. The Labute approximate surface area is 174 Å². The number of fused-ring (bicyclic) bond motifs is 1. The van der Waals surface area contributed by atoms with Crippen LogP contribution in [0.15, 0.2) is 30.3 Å². The molecule has 9 nitrogen and oxygen atoms in total. The number of hydrogen-bond acceptors (Lipinski definition) is 7. The molecule has 0 saturated heterocycles. The van der Waals surface area contributed by atoms with Gasteiger partial charge >= 0.3 is 0 Å². The number of amides is 2. The first-order valence-electron chi connectivity index (χ1n) is 9.24. The van der Waals surface area contributed by atoms with Crippen molar-refractivity contribution in [2.45, 2.75) is 13.0 Å². The average molecular weight is 416 g/mol. The van der Waals surface area contributed by atoms with E-state index in [1.165, 1.54) is 21.3 Å². The molecule has 1 aliphatic rings. The molecule has 0 saturated carbocycles. The molecule has 2 aromatic rings. The van der Waals surface area contributed by atoms with Crippen LogP contribution in [0.1, 0.15) is 28.9 Å². The Morgan fingerprint density at radius 1 is 1.00 bits per heavy atom. The minimum atomic E-state index is -0.385. The third-order valence-electron chi connectivity index (χ3n) is 4.61. The Morgan fingerprint density at radius 3 is 2.30 bits per heavy atom. The molecular weight excluding hydrogens is 392 g/mol. The van der Waals surface area contributed by atoms with Gasteiger partial charge in [0.15, 0.2) is 23.0 Å². The summed E-state index contributed by atoms with van der Waals surface area (Å²) in [7, 11) is 4.57. The van der Waals surface area contributed by atoms with Gasteiger partial charge in [0.05, 0.1) is 33.9 Å². The van der Waals surface area contributed by atoms with E-state index in [1.807, 2.05) is 6.92 Å². The first-order valence-corrected chi connectivity index (χ1v) is 9.24. The quantitative estimate of drug-likeness (QED) is 0.679. The van der Waals surface area contributed by atoms with Crippen LogP contribution in [0.3, 0.4) is 0 Å². The van der Waals surface area contributed by atoms with E-state index in [4.69, 9.17) is 23.7 Å². The second-order valence-corrected chi connectivity index (χ2v) is 6.50. The Kier molecular flexibility index (Phi) is 6.51. The van der Waals surface area contributed by atoms with Crippen molar-refractivity contribution in [1.82, 2.24) is 10.6 Å². The highest BCUT2D eigenvalue weighted by atomic mass is 16.7. The van der Waals surface area contributed by atoms with Crippen molar-refractivity contribution in [3.05, 3.63) is 41.5 Å². The molecule has 2 amide bonds. The van der Waals surface area contributed by atoms with Crippen LogP contribution in [0.2, 0.25) is 0 Å². The van der Waals surface area contributed by atoms with E-state index in [-0.39, 0.29) is 31.2 Å². The summed E-state index contributed by atoms with van der Waals surface area (Å²) in [5.74, 6) is 1.81. The predicted molar refractivity (Wildman–Crippen MR) is 108 cm³/mol. The van der Waals surface area contributed by atoms with Crippen LogP contribution in [-0.2, 0) is 4.79 Å². The van der Waals surface area contributed by atoms with Crippen LogP contribution in [-0.4, -0.2) is 46.5 Å². The lowest BCUT2D eigenvalue weighted by molar-refractivity contribution is -0.120. The summed E-state index contributed by atoms with van der Waals surface area (Å²) >= 11 is 0. The van der Waals surface area contributed by atoms with Crippen molar-refractivity contribution < 1.29 is 33.3 Å². The average Bonchev–Trinajstić information content (AvgIpc) is 3.24. The van der Waals surface area contributed by atoms with E-state index in [0.717, 1.165) is 5.56 Å². The highest BCUT2D eigenvalue weighted by Gasteiger charge is 2.19. The minimum Gasteiger partial charge on any atom is -0.493 e. The molecule has 0 spiro atoms. The minimum absolute atomic E-state index is 0.127. The van der Waals surface area contributed by atoms with E-state index in [1.54, 1.807) is 30.3 Å². The Hall–Kier alpha value is -3.62. The molecule has 0 radical (unpaired) electrons. The molecule has 30 heavy (non-hydrogen) atoms. The van der Waals surface area contributed by atoms with Crippen molar-refractivity contribution in [3.63, 3.8) is 0 Å². The lowest BCUT2D eigenvalue weighted by Gasteiger charge is -2.19. The molecular formula is C21H24N2O7. The highest BCUT2D eigenvalue weighted by Crippen LogP contribution is 2.39. The molecule has 9 heteroatoms. The topological polar surface area (TPSA) is 104 Å². The van der Waals surface area contributed by atoms with Crippen molar-refractivity contribution in [2.24, 2.45) is 0 Å². The van der Waals surface area contributed by atoms with Gasteiger partial charge in [0, 0.05) is 5.56 Å². The smallest absolute Gasteiger partial charge is 0.251 e. The first kappa shape index (κ1) is 21.1. The number of ether oxygens (including phenoxy) is 5. The summed E-state index contributed by atoms with van der Waals surface area (Å²) in [6.45, 7) is 1.77. The third kappa shape index (κ3) is 4.51. The Morgan fingerprint density at radius 2 is 1.67 bits per heavy atom. The van der Waals surface area contributed by atoms with E-state index in [2.05, 4.69) is 10.6 Å². The van der Waals surface area contributed by atoms with E-state index >= 15 is 0 Å². The summed E-state index contributed by atoms with van der Waals surface area (Å²) in [5, 5.41) is 5.43. The van der Waals surface area contributed by atoms with Gasteiger partial charge in [-0.25, -0.2) is 0 Å². The number of methoxy groups -OCH3 is 3. The molecule has 160 valence electrons. The maximum absolute atomic E-state index is 12.3. The highest BCUT2D eigenvalue weighted by molar-refractivity contribution is 5.97. The standard InChI is InChI=1S/C21H24N2O7/c1-12(14-8-17(26-2)20(28-4)18(9-14)27-3)23-19(24)10-22-21(25)13-5-6-15-16(7-13)30-11-29-15/h5-9,12H,10-11H2,1-4H3,(H,22,25)(H,23,24). The van der Waals surface area contributed by atoms with Gasteiger partial charge in [-0.05, 0) is 42.8 Å². The summed E-state index contributed by atoms with van der Waals surface area (Å²) in [4.78, 5) is 24.6. The molecule has 2 aromatic carbocycles. The van der Waals surface area contributed by atoms with Crippen molar-refractivity contribution in [3.8, 4) is 28.7 Å². The van der Waals surface area contributed by atoms with Gasteiger partial charge in [-0.2, -0.15) is 0 Å². The molecule has 2 N–H and O–H groups in total. The van der Waals surface area contributed by atoms with Crippen molar-refractivity contribution >= 4 is 11.8 Å². The number of benzene rings is 2. The largest absolute Gasteiger partial charge is 0.493 e. The number of carbonyl (C=O) groups is 2. The molecule has 0 fully saturated rings. The van der Waals surface area contributed by atoms with Crippen LogP contribution < -0.4 is 34.3 Å². The maximum Gasteiger partial charge on any atom is 0.251 e. The SMILES string of the molecule is COc1cc(C(C)NC(=O)CNC(=O)c2ccc3c(c2)OCO3)cc(OC)c1OC. The normalized spacial score (nSPS) is 12.7. The van der Waals surface area contributed by atoms with E-state index in [9.17, 15) is 9.59 Å². The van der Waals surface area contributed by atoms with Crippen LogP contribution in [0.5, 0.6) is 28.7 Å². The number of carbonyl (C=O) groups excluding carboxylic acids is 2. The fourth-order valence-electron chi connectivity index (χ4n) is 3.03.